The number of benzene rings is 1. The molecule has 132 valence electrons. The molecule has 0 bridgehead atoms. The molecule has 0 aromatic heterocycles. The van der Waals surface area contributed by atoms with Crippen LogP contribution in [0.1, 0.15) is 12.8 Å². The van der Waals surface area contributed by atoms with Crippen LogP contribution in [0.15, 0.2) is 18.2 Å². The molecule has 1 aromatic rings. The molecule has 24 heavy (non-hydrogen) atoms. The van der Waals surface area contributed by atoms with Gasteiger partial charge in [0, 0.05) is 11.4 Å². The Labute approximate surface area is 150 Å². The summed E-state index contributed by atoms with van der Waals surface area (Å²) in [6.45, 7) is -1.69. The molecule has 1 aromatic carbocycles. The van der Waals surface area contributed by atoms with Crippen LogP contribution in [0.2, 0.25) is 10.0 Å². The third-order valence-electron chi connectivity index (χ3n) is 2.39. The van der Waals surface area contributed by atoms with Gasteiger partial charge in [-0.2, -0.15) is 13.2 Å². The van der Waals surface area contributed by atoms with E-state index in [0.29, 0.717) is 10.7 Å². The van der Waals surface area contributed by atoms with E-state index in [0.717, 1.165) is 0 Å². The van der Waals surface area contributed by atoms with Crippen molar-refractivity contribution in [2.24, 2.45) is 0 Å². The van der Waals surface area contributed by atoms with Crippen molar-refractivity contribution in [1.82, 2.24) is 5.32 Å². The van der Waals surface area contributed by atoms with Gasteiger partial charge in [0.1, 0.15) is 0 Å². The van der Waals surface area contributed by atoms with E-state index in [4.69, 9.17) is 35.4 Å². The van der Waals surface area contributed by atoms with Crippen LogP contribution in [0.25, 0.3) is 0 Å². The molecule has 5 nitrogen and oxygen atoms in total. The Morgan fingerprint density at radius 1 is 1.21 bits per heavy atom. The molecule has 1 amide bonds. The minimum Gasteiger partial charge on any atom is -0.456 e. The van der Waals surface area contributed by atoms with Gasteiger partial charge in [0.25, 0.3) is 0 Å². The number of halogens is 5. The Balaban J connectivity index is 2.36. The molecule has 0 aliphatic heterocycles. The van der Waals surface area contributed by atoms with E-state index < -0.39 is 31.1 Å². The minimum atomic E-state index is -4.61. The van der Waals surface area contributed by atoms with Gasteiger partial charge in [-0.15, -0.1) is 0 Å². The lowest BCUT2D eigenvalue weighted by Gasteiger charge is -2.11. The normalized spacial score (nSPS) is 10.9. The molecule has 0 fully saturated rings. The van der Waals surface area contributed by atoms with Crippen LogP contribution >= 0.6 is 35.4 Å². The largest absolute Gasteiger partial charge is 0.456 e. The molecule has 0 spiro atoms. The van der Waals surface area contributed by atoms with E-state index >= 15 is 0 Å². The second-order valence-corrected chi connectivity index (χ2v) is 5.65. The maximum atomic E-state index is 11.9. The predicted octanol–water partition coefficient (Wildman–Crippen LogP) is 3.69. The second kappa shape index (κ2) is 9.05. The van der Waals surface area contributed by atoms with Crippen molar-refractivity contribution in [3.8, 4) is 0 Å². The SMILES string of the molecule is O=C(CCC(=O)OCC(F)(F)F)NC(=S)Nc1ccc(Cl)cc1Cl. The summed E-state index contributed by atoms with van der Waals surface area (Å²) in [5, 5.41) is 5.50. The number of carbonyl (C=O) groups excluding carboxylic acids is 2. The minimum absolute atomic E-state index is 0.0899. The van der Waals surface area contributed by atoms with Crippen molar-refractivity contribution in [1.29, 1.82) is 0 Å². The van der Waals surface area contributed by atoms with Crippen molar-refractivity contribution >= 4 is 58.1 Å². The number of esters is 1. The Hall–Kier alpha value is -1.58. The summed E-state index contributed by atoms with van der Waals surface area (Å²) < 4.78 is 39.5. The maximum Gasteiger partial charge on any atom is 0.422 e. The number of hydrogen-bond acceptors (Lipinski definition) is 4. The molecule has 0 saturated heterocycles. The second-order valence-electron chi connectivity index (χ2n) is 4.40. The maximum absolute atomic E-state index is 11.9. The molecule has 0 saturated carbocycles. The summed E-state index contributed by atoms with van der Waals surface area (Å²) in [6, 6.07) is 4.56. The average Bonchev–Trinajstić information content (AvgIpc) is 2.45. The Kier molecular flexibility index (Phi) is 7.71. The van der Waals surface area contributed by atoms with Crippen molar-refractivity contribution in [3.05, 3.63) is 28.2 Å². The number of anilines is 1. The molecule has 0 unspecified atom stereocenters. The summed E-state index contributed by atoms with van der Waals surface area (Å²) in [5.74, 6) is -1.80. The zero-order valence-corrected chi connectivity index (χ0v) is 14.2. The first-order valence-corrected chi connectivity index (χ1v) is 7.51. The van der Waals surface area contributed by atoms with Crippen LogP contribution in [0, 0.1) is 0 Å². The number of amides is 1. The molecule has 1 rings (SSSR count). The predicted molar refractivity (Wildman–Crippen MR) is 87.1 cm³/mol. The molecule has 2 N–H and O–H groups in total. The van der Waals surface area contributed by atoms with Gasteiger partial charge in [-0.1, -0.05) is 23.2 Å². The third kappa shape index (κ3) is 8.32. The molecule has 0 heterocycles. The topological polar surface area (TPSA) is 67.4 Å². The fourth-order valence-corrected chi connectivity index (χ4v) is 2.06. The standard InChI is InChI=1S/C13H11Cl2F3N2O3S/c14-7-1-2-9(8(15)5-7)19-12(24)20-10(21)3-4-11(22)23-6-13(16,17)18/h1-2,5H,3-4,6H2,(H2,19,20,21,24). The molecule has 11 heteroatoms. The van der Waals surface area contributed by atoms with Crippen molar-refractivity contribution in [3.63, 3.8) is 0 Å². The van der Waals surface area contributed by atoms with Crippen molar-refractivity contribution in [2.45, 2.75) is 19.0 Å². The van der Waals surface area contributed by atoms with E-state index in [1.807, 2.05) is 0 Å². The number of thiocarbonyl (C=S) groups is 1. The van der Waals surface area contributed by atoms with Crippen LogP contribution in [0.3, 0.4) is 0 Å². The summed E-state index contributed by atoms with van der Waals surface area (Å²) in [6.07, 6.45) is -5.50. The number of rotatable bonds is 5. The van der Waals surface area contributed by atoms with Crippen LogP contribution in [-0.2, 0) is 14.3 Å². The van der Waals surface area contributed by atoms with E-state index in [1.54, 1.807) is 6.07 Å². The quantitative estimate of drug-likeness (QED) is 0.580. The molecule has 0 radical (unpaired) electrons. The lowest BCUT2D eigenvalue weighted by molar-refractivity contribution is -0.186. The number of carbonyl (C=O) groups is 2. The van der Waals surface area contributed by atoms with Gasteiger partial charge in [-0.3, -0.25) is 9.59 Å². The molecule has 0 atom stereocenters. The van der Waals surface area contributed by atoms with Gasteiger partial charge in [0.2, 0.25) is 5.91 Å². The highest BCUT2D eigenvalue weighted by Gasteiger charge is 2.29. The molecular formula is C13H11Cl2F3N2O3S. The zero-order chi connectivity index (χ0) is 18.3. The lowest BCUT2D eigenvalue weighted by atomic mass is 10.3. The highest BCUT2D eigenvalue weighted by atomic mass is 35.5. The van der Waals surface area contributed by atoms with E-state index in [1.165, 1.54) is 12.1 Å². The van der Waals surface area contributed by atoms with Gasteiger partial charge in [-0.25, -0.2) is 0 Å². The Morgan fingerprint density at radius 2 is 1.88 bits per heavy atom. The van der Waals surface area contributed by atoms with Crippen LogP contribution in [0.5, 0.6) is 0 Å². The first-order chi connectivity index (χ1) is 11.1. The summed E-state index contributed by atoms with van der Waals surface area (Å²) in [4.78, 5) is 22.6. The van der Waals surface area contributed by atoms with Gasteiger partial charge in [0.05, 0.1) is 17.1 Å². The number of hydrogen-bond donors (Lipinski definition) is 2. The van der Waals surface area contributed by atoms with Crippen molar-refractivity contribution < 1.29 is 27.5 Å². The first kappa shape index (κ1) is 20.5. The molecule has 0 aliphatic carbocycles. The number of nitrogens with one attached hydrogen (secondary N) is 2. The lowest BCUT2D eigenvalue weighted by Crippen LogP contribution is -2.34. The Morgan fingerprint density at radius 3 is 2.46 bits per heavy atom. The summed E-state index contributed by atoms with van der Waals surface area (Å²) in [5.41, 5.74) is 0.399. The third-order valence-corrected chi connectivity index (χ3v) is 3.14. The zero-order valence-electron chi connectivity index (χ0n) is 11.9. The van der Waals surface area contributed by atoms with E-state index in [2.05, 4.69) is 15.4 Å². The highest BCUT2D eigenvalue weighted by molar-refractivity contribution is 7.80. The Bertz CT molecular complexity index is 641. The fourth-order valence-electron chi connectivity index (χ4n) is 1.38. The van der Waals surface area contributed by atoms with Gasteiger partial charge in [0.15, 0.2) is 11.7 Å². The molecule has 0 aliphatic rings. The van der Waals surface area contributed by atoms with E-state index in [-0.39, 0.29) is 16.6 Å². The molecular weight excluding hydrogens is 392 g/mol. The van der Waals surface area contributed by atoms with Gasteiger partial charge >= 0.3 is 12.1 Å². The monoisotopic (exact) mass is 402 g/mol. The van der Waals surface area contributed by atoms with Gasteiger partial charge in [-0.05, 0) is 30.4 Å². The average molecular weight is 403 g/mol. The smallest absolute Gasteiger partial charge is 0.422 e. The van der Waals surface area contributed by atoms with Crippen LogP contribution in [0.4, 0.5) is 18.9 Å². The van der Waals surface area contributed by atoms with Crippen LogP contribution in [-0.4, -0.2) is 29.8 Å². The fraction of sp³-hybridized carbons (Fsp3) is 0.308. The number of alkyl halides is 3. The van der Waals surface area contributed by atoms with E-state index in [9.17, 15) is 22.8 Å². The summed E-state index contributed by atoms with van der Waals surface area (Å²) in [7, 11) is 0. The van der Waals surface area contributed by atoms with Crippen molar-refractivity contribution in [2.75, 3.05) is 11.9 Å². The number of ether oxygens (including phenoxy) is 1. The highest BCUT2D eigenvalue weighted by Crippen LogP contribution is 2.25. The first-order valence-electron chi connectivity index (χ1n) is 6.35. The van der Waals surface area contributed by atoms with Gasteiger partial charge < -0.3 is 15.4 Å². The van der Waals surface area contributed by atoms with Crippen LogP contribution < -0.4 is 10.6 Å². The summed E-state index contributed by atoms with van der Waals surface area (Å²) >= 11 is 16.5.